The first-order valence-corrected chi connectivity index (χ1v) is 5.92. The first-order chi connectivity index (χ1) is 8.65. The van der Waals surface area contributed by atoms with Gasteiger partial charge in [0, 0.05) is 18.2 Å². The van der Waals surface area contributed by atoms with Gasteiger partial charge in [-0.1, -0.05) is 6.07 Å². The molecule has 0 aliphatic carbocycles. The summed E-state index contributed by atoms with van der Waals surface area (Å²) in [5.41, 5.74) is 1.28. The van der Waals surface area contributed by atoms with E-state index in [0.29, 0.717) is 12.1 Å². The molecule has 0 radical (unpaired) electrons. The molecule has 0 aromatic carbocycles. The van der Waals surface area contributed by atoms with Gasteiger partial charge >= 0.3 is 0 Å². The summed E-state index contributed by atoms with van der Waals surface area (Å²) in [7, 11) is 0. The topological polar surface area (TPSA) is 55.1 Å². The molecule has 94 valence electrons. The zero-order valence-electron chi connectivity index (χ0n) is 10.5. The number of carbonyl (C=O) groups excluding carboxylic acids is 1. The van der Waals surface area contributed by atoms with Crippen LogP contribution in [0.1, 0.15) is 28.9 Å². The summed E-state index contributed by atoms with van der Waals surface area (Å²) in [6.45, 7) is 3.80. The molecule has 1 amide bonds. The van der Waals surface area contributed by atoms with E-state index in [1.54, 1.807) is 12.3 Å². The van der Waals surface area contributed by atoms with Gasteiger partial charge in [0.05, 0.1) is 6.26 Å². The summed E-state index contributed by atoms with van der Waals surface area (Å²) >= 11 is 0. The molecule has 0 unspecified atom stereocenters. The van der Waals surface area contributed by atoms with Crippen LogP contribution in [0.25, 0.3) is 0 Å². The molecule has 4 nitrogen and oxygen atoms in total. The second kappa shape index (κ2) is 5.49. The Hall–Kier alpha value is -2.10. The minimum absolute atomic E-state index is 0.00552. The molecule has 0 aliphatic rings. The Morgan fingerprint density at radius 3 is 2.89 bits per heavy atom. The van der Waals surface area contributed by atoms with Crippen molar-refractivity contribution in [1.29, 1.82) is 0 Å². The summed E-state index contributed by atoms with van der Waals surface area (Å²) in [4.78, 5) is 16.1. The van der Waals surface area contributed by atoms with E-state index in [4.69, 9.17) is 4.42 Å². The van der Waals surface area contributed by atoms with Crippen molar-refractivity contribution in [2.24, 2.45) is 0 Å². The average Bonchev–Trinajstić information content (AvgIpc) is 2.81. The molecule has 0 spiro atoms. The Labute approximate surface area is 106 Å². The second-order valence-corrected chi connectivity index (χ2v) is 4.32. The van der Waals surface area contributed by atoms with Crippen LogP contribution in [0.2, 0.25) is 0 Å². The Morgan fingerprint density at radius 2 is 2.22 bits per heavy atom. The van der Waals surface area contributed by atoms with Crippen molar-refractivity contribution in [2.45, 2.75) is 26.3 Å². The van der Waals surface area contributed by atoms with Gasteiger partial charge in [0.2, 0.25) is 0 Å². The lowest BCUT2D eigenvalue weighted by atomic mass is 10.2. The minimum atomic E-state index is -0.155. The van der Waals surface area contributed by atoms with E-state index >= 15 is 0 Å². The van der Waals surface area contributed by atoms with Gasteiger partial charge in [0.15, 0.2) is 0 Å². The molecule has 4 heteroatoms. The normalized spacial score (nSPS) is 12.1. The Balaban J connectivity index is 1.95. The maximum Gasteiger partial charge on any atom is 0.270 e. The summed E-state index contributed by atoms with van der Waals surface area (Å²) in [5.74, 6) is 0.706. The van der Waals surface area contributed by atoms with Gasteiger partial charge < -0.3 is 9.73 Å². The lowest BCUT2D eigenvalue weighted by Gasteiger charge is -2.12. The Bertz CT molecular complexity index is 520. The van der Waals surface area contributed by atoms with Crippen LogP contribution in [0.4, 0.5) is 0 Å². The Kier molecular flexibility index (Phi) is 3.77. The fourth-order valence-corrected chi connectivity index (χ4v) is 1.75. The van der Waals surface area contributed by atoms with Crippen molar-refractivity contribution in [2.75, 3.05) is 0 Å². The molecule has 2 heterocycles. The maximum atomic E-state index is 11.9. The predicted molar refractivity (Wildman–Crippen MR) is 68.3 cm³/mol. The lowest BCUT2D eigenvalue weighted by Crippen LogP contribution is -2.34. The molecule has 0 saturated carbocycles. The average molecular weight is 244 g/mol. The number of aryl methyl sites for hydroxylation is 1. The molecular formula is C14H16N2O2. The number of pyridine rings is 1. The summed E-state index contributed by atoms with van der Waals surface area (Å²) < 4.78 is 5.24. The molecule has 0 saturated heterocycles. The number of hydrogen-bond acceptors (Lipinski definition) is 3. The highest BCUT2D eigenvalue weighted by Crippen LogP contribution is 2.05. The fourth-order valence-electron chi connectivity index (χ4n) is 1.75. The summed E-state index contributed by atoms with van der Waals surface area (Å²) in [6, 6.07) is 9.14. The van der Waals surface area contributed by atoms with Gasteiger partial charge in [-0.25, -0.2) is 4.98 Å². The SMILES string of the molecule is Cc1cccc(C(=O)N[C@H](C)Cc2ccco2)n1. The number of furan rings is 1. The third kappa shape index (κ3) is 3.20. The molecule has 2 aromatic rings. The molecule has 2 aromatic heterocycles. The van der Waals surface area contributed by atoms with E-state index in [0.717, 1.165) is 11.5 Å². The van der Waals surface area contributed by atoms with Crippen molar-refractivity contribution < 1.29 is 9.21 Å². The number of nitrogens with one attached hydrogen (secondary N) is 1. The van der Waals surface area contributed by atoms with E-state index in [9.17, 15) is 4.79 Å². The van der Waals surface area contributed by atoms with E-state index in [1.165, 1.54) is 0 Å². The molecule has 0 fully saturated rings. The minimum Gasteiger partial charge on any atom is -0.469 e. The zero-order valence-corrected chi connectivity index (χ0v) is 10.5. The van der Waals surface area contributed by atoms with Gasteiger partial charge in [-0.05, 0) is 38.1 Å². The number of hydrogen-bond donors (Lipinski definition) is 1. The van der Waals surface area contributed by atoms with Crippen LogP contribution in [0.3, 0.4) is 0 Å². The highest BCUT2D eigenvalue weighted by molar-refractivity contribution is 5.92. The molecule has 0 bridgehead atoms. The van der Waals surface area contributed by atoms with Crippen LogP contribution in [-0.2, 0) is 6.42 Å². The third-order valence-corrected chi connectivity index (χ3v) is 2.59. The Morgan fingerprint density at radius 1 is 1.39 bits per heavy atom. The number of rotatable bonds is 4. The monoisotopic (exact) mass is 244 g/mol. The van der Waals surface area contributed by atoms with Gasteiger partial charge in [-0.3, -0.25) is 4.79 Å². The van der Waals surface area contributed by atoms with Gasteiger partial charge in [-0.2, -0.15) is 0 Å². The first kappa shape index (κ1) is 12.4. The van der Waals surface area contributed by atoms with Crippen LogP contribution < -0.4 is 5.32 Å². The second-order valence-electron chi connectivity index (χ2n) is 4.32. The van der Waals surface area contributed by atoms with Crippen LogP contribution >= 0.6 is 0 Å². The molecular weight excluding hydrogens is 228 g/mol. The fraction of sp³-hybridized carbons (Fsp3) is 0.286. The number of nitrogens with zero attached hydrogens (tertiary/aromatic N) is 1. The quantitative estimate of drug-likeness (QED) is 0.898. The van der Waals surface area contributed by atoms with Crippen LogP contribution in [-0.4, -0.2) is 16.9 Å². The molecule has 1 atom stereocenters. The van der Waals surface area contributed by atoms with Crippen LogP contribution in [0.15, 0.2) is 41.0 Å². The van der Waals surface area contributed by atoms with Crippen molar-refractivity contribution in [3.05, 3.63) is 53.7 Å². The number of amides is 1. The van der Waals surface area contributed by atoms with Crippen LogP contribution in [0, 0.1) is 6.92 Å². The van der Waals surface area contributed by atoms with Crippen molar-refractivity contribution in [3.63, 3.8) is 0 Å². The molecule has 2 rings (SSSR count). The van der Waals surface area contributed by atoms with Crippen molar-refractivity contribution >= 4 is 5.91 Å². The lowest BCUT2D eigenvalue weighted by molar-refractivity contribution is 0.0934. The van der Waals surface area contributed by atoms with Crippen LogP contribution in [0.5, 0.6) is 0 Å². The summed E-state index contributed by atoms with van der Waals surface area (Å²) in [5, 5.41) is 2.90. The van der Waals surface area contributed by atoms with E-state index in [1.807, 2.05) is 38.1 Å². The first-order valence-electron chi connectivity index (χ1n) is 5.92. The summed E-state index contributed by atoms with van der Waals surface area (Å²) in [6.07, 6.45) is 2.30. The number of carbonyl (C=O) groups is 1. The van der Waals surface area contributed by atoms with E-state index < -0.39 is 0 Å². The van der Waals surface area contributed by atoms with Gasteiger partial charge in [-0.15, -0.1) is 0 Å². The van der Waals surface area contributed by atoms with Crippen molar-refractivity contribution in [1.82, 2.24) is 10.3 Å². The highest BCUT2D eigenvalue weighted by atomic mass is 16.3. The van der Waals surface area contributed by atoms with Gasteiger partial charge in [0.1, 0.15) is 11.5 Å². The largest absolute Gasteiger partial charge is 0.469 e. The highest BCUT2D eigenvalue weighted by Gasteiger charge is 2.12. The molecule has 18 heavy (non-hydrogen) atoms. The van der Waals surface area contributed by atoms with Gasteiger partial charge in [0.25, 0.3) is 5.91 Å². The smallest absolute Gasteiger partial charge is 0.270 e. The third-order valence-electron chi connectivity index (χ3n) is 2.59. The van der Waals surface area contributed by atoms with E-state index in [2.05, 4.69) is 10.3 Å². The molecule has 1 N–H and O–H groups in total. The van der Waals surface area contributed by atoms with E-state index in [-0.39, 0.29) is 11.9 Å². The molecule has 0 aliphatic heterocycles. The van der Waals surface area contributed by atoms with Crippen molar-refractivity contribution in [3.8, 4) is 0 Å². The number of aromatic nitrogens is 1. The maximum absolute atomic E-state index is 11.9. The standard InChI is InChI=1S/C14H16N2O2/c1-10-5-3-7-13(15-10)14(17)16-11(2)9-12-6-4-8-18-12/h3-8,11H,9H2,1-2H3,(H,16,17)/t11-/m1/s1. The predicted octanol–water partition coefficient (Wildman–Crippen LogP) is 2.34. The zero-order chi connectivity index (χ0) is 13.0.